The van der Waals surface area contributed by atoms with Crippen molar-refractivity contribution in [1.82, 2.24) is 0 Å². The van der Waals surface area contributed by atoms with Gasteiger partial charge in [-0.3, -0.25) is 4.79 Å². The number of aldehydes is 1. The summed E-state index contributed by atoms with van der Waals surface area (Å²) in [6.07, 6.45) is -0.0499. The topological polar surface area (TPSA) is 52.6 Å². The van der Waals surface area contributed by atoms with Crippen LogP contribution in [0.2, 0.25) is 0 Å². The van der Waals surface area contributed by atoms with Gasteiger partial charge in [-0.15, -0.1) is 0 Å². The molecule has 0 saturated heterocycles. The van der Waals surface area contributed by atoms with E-state index in [1.807, 2.05) is 0 Å². The summed E-state index contributed by atoms with van der Waals surface area (Å²) in [4.78, 5) is 21.6. The molecule has 0 heterocycles. The van der Waals surface area contributed by atoms with Crippen LogP contribution in [0.5, 0.6) is 5.75 Å². The van der Waals surface area contributed by atoms with Gasteiger partial charge in [0.05, 0.1) is 6.61 Å². The molecule has 80 valence electrons. The number of carbonyl (C=O) groups excluding carboxylic acids is 2. The summed E-state index contributed by atoms with van der Waals surface area (Å²) < 4.78 is 9.43. The molecule has 0 aliphatic carbocycles. The first-order valence-corrected chi connectivity index (χ1v) is 4.57. The fourth-order valence-electron chi connectivity index (χ4n) is 1.05. The van der Waals surface area contributed by atoms with E-state index in [4.69, 9.17) is 4.74 Å². The molecular weight excluding hydrogens is 196 g/mol. The van der Waals surface area contributed by atoms with Crippen molar-refractivity contribution in [3.63, 3.8) is 0 Å². The van der Waals surface area contributed by atoms with Crippen LogP contribution in [0.25, 0.3) is 0 Å². The Bertz CT molecular complexity index is 371. The van der Waals surface area contributed by atoms with Crippen molar-refractivity contribution in [2.75, 3.05) is 6.61 Å². The Labute approximate surface area is 87.8 Å². The van der Waals surface area contributed by atoms with Crippen molar-refractivity contribution in [1.29, 1.82) is 0 Å². The minimum atomic E-state index is -0.766. The van der Waals surface area contributed by atoms with E-state index in [2.05, 4.69) is 4.74 Å². The summed E-state index contributed by atoms with van der Waals surface area (Å²) in [6.45, 7) is 3.75. The lowest BCUT2D eigenvalue weighted by Crippen LogP contribution is -2.10. The number of rotatable bonds is 3. The summed E-state index contributed by atoms with van der Waals surface area (Å²) in [5, 5.41) is 0. The van der Waals surface area contributed by atoms with Gasteiger partial charge in [0.1, 0.15) is 12.0 Å². The van der Waals surface area contributed by atoms with Gasteiger partial charge in [0.2, 0.25) is 0 Å². The lowest BCUT2D eigenvalue weighted by Gasteiger charge is -2.05. The molecule has 1 aromatic carbocycles. The maximum absolute atomic E-state index is 11.0. The van der Waals surface area contributed by atoms with E-state index < -0.39 is 6.16 Å². The number of benzene rings is 1. The highest BCUT2D eigenvalue weighted by Crippen LogP contribution is 2.16. The highest BCUT2D eigenvalue weighted by Gasteiger charge is 2.06. The molecule has 0 aliphatic heterocycles. The van der Waals surface area contributed by atoms with Gasteiger partial charge in [0.25, 0.3) is 0 Å². The Morgan fingerprint density at radius 1 is 1.47 bits per heavy atom. The molecule has 0 aromatic heterocycles. The highest BCUT2D eigenvalue weighted by molar-refractivity contribution is 5.78. The molecule has 0 unspecified atom stereocenters. The van der Waals surface area contributed by atoms with Gasteiger partial charge in [0.15, 0.2) is 0 Å². The standard InChI is InChI=1S/C11H12O4/c1-3-14-11(13)15-10-5-4-8(2)9(6-10)7-12/h4-7H,3H2,1-2H3. The van der Waals surface area contributed by atoms with Gasteiger partial charge in [-0.05, 0) is 31.5 Å². The molecule has 4 heteroatoms. The smallest absolute Gasteiger partial charge is 0.434 e. The van der Waals surface area contributed by atoms with Crippen LogP contribution in [0.4, 0.5) is 4.79 Å². The van der Waals surface area contributed by atoms with Crippen LogP contribution in [0, 0.1) is 6.92 Å². The predicted octanol–water partition coefficient (Wildman–Crippen LogP) is 2.34. The molecular formula is C11H12O4. The normalized spacial score (nSPS) is 9.47. The average Bonchev–Trinajstić information content (AvgIpc) is 2.21. The van der Waals surface area contributed by atoms with Gasteiger partial charge < -0.3 is 9.47 Å². The van der Waals surface area contributed by atoms with E-state index in [9.17, 15) is 9.59 Å². The van der Waals surface area contributed by atoms with Crippen molar-refractivity contribution in [2.24, 2.45) is 0 Å². The van der Waals surface area contributed by atoms with Crippen molar-refractivity contribution in [2.45, 2.75) is 13.8 Å². The largest absolute Gasteiger partial charge is 0.513 e. The molecule has 4 nitrogen and oxygen atoms in total. The first-order chi connectivity index (χ1) is 7.17. The van der Waals surface area contributed by atoms with Crippen LogP contribution in [-0.2, 0) is 4.74 Å². The first kappa shape index (κ1) is 11.2. The average molecular weight is 208 g/mol. The summed E-state index contributed by atoms with van der Waals surface area (Å²) in [6, 6.07) is 4.82. The van der Waals surface area contributed by atoms with Crippen LogP contribution in [-0.4, -0.2) is 19.0 Å². The Hall–Kier alpha value is -1.84. The molecule has 0 amide bonds. The number of aryl methyl sites for hydroxylation is 1. The number of carbonyl (C=O) groups is 2. The SMILES string of the molecule is CCOC(=O)Oc1ccc(C)c(C=O)c1. The monoisotopic (exact) mass is 208 g/mol. The van der Waals surface area contributed by atoms with Gasteiger partial charge in [0, 0.05) is 5.56 Å². The summed E-state index contributed by atoms with van der Waals surface area (Å²) in [5.74, 6) is 0.307. The lowest BCUT2D eigenvalue weighted by molar-refractivity contribution is 0.104. The van der Waals surface area contributed by atoms with Crippen LogP contribution in [0.3, 0.4) is 0 Å². The van der Waals surface area contributed by atoms with Crippen molar-refractivity contribution >= 4 is 12.4 Å². The number of hydrogen-bond donors (Lipinski definition) is 0. The van der Waals surface area contributed by atoms with E-state index in [0.717, 1.165) is 5.56 Å². The zero-order valence-corrected chi connectivity index (χ0v) is 8.65. The molecule has 0 atom stereocenters. The Morgan fingerprint density at radius 2 is 2.20 bits per heavy atom. The van der Waals surface area contributed by atoms with Crippen molar-refractivity contribution in [3.05, 3.63) is 29.3 Å². The fraction of sp³-hybridized carbons (Fsp3) is 0.273. The fourth-order valence-corrected chi connectivity index (χ4v) is 1.05. The predicted molar refractivity (Wildman–Crippen MR) is 54.2 cm³/mol. The molecule has 1 aromatic rings. The molecule has 0 saturated carbocycles. The van der Waals surface area contributed by atoms with E-state index >= 15 is 0 Å². The summed E-state index contributed by atoms with van der Waals surface area (Å²) in [7, 11) is 0. The zero-order chi connectivity index (χ0) is 11.3. The van der Waals surface area contributed by atoms with Gasteiger partial charge in [-0.2, -0.15) is 0 Å². The minimum Gasteiger partial charge on any atom is -0.434 e. The maximum Gasteiger partial charge on any atom is 0.513 e. The van der Waals surface area contributed by atoms with Crippen LogP contribution >= 0.6 is 0 Å². The quantitative estimate of drug-likeness (QED) is 0.434. The van der Waals surface area contributed by atoms with Gasteiger partial charge in [-0.1, -0.05) is 6.07 Å². The van der Waals surface area contributed by atoms with E-state index in [1.165, 1.54) is 6.07 Å². The molecule has 0 fully saturated rings. The molecule has 0 radical (unpaired) electrons. The lowest BCUT2D eigenvalue weighted by atomic mass is 10.1. The van der Waals surface area contributed by atoms with Crippen molar-refractivity contribution in [3.8, 4) is 5.75 Å². The molecule has 0 aliphatic rings. The molecule has 0 N–H and O–H groups in total. The summed E-state index contributed by atoms with van der Waals surface area (Å²) >= 11 is 0. The minimum absolute atomic E-state index is 0.255. The second-order valence-electron chi connectivity index (χ2n) is 2.92. The van der Waals surface area contributed by atoms with Crippen LogP contribution in [0.15, 0.2) is 18.2 Å². The van der Waals surface area contributed by atoms with E-state index in [1.54, 1.807) is 26.0 Å². The third-order valence-electron chi connectivity index (χ3n) is 1.84. The second-order valence-corrected chi connectivity index (χ2v) is 2.92. The third-order valence-corrected chi connectivity index (χ3v) is 1.84. The van der Waals surface area contributed by atoms with E-state index in [0.29, 0.717) is 17.6 Å². The maximum atomic E-state index is 11.0. The Balaban J connectivity index is 2.78. The molecule has 15 heavy (non-hydrogen) atoms. The number of ether oxygens (including phenoxy) is 2. The van der Waals surface area contributed by atoms with Gasteiger partial charge >= 0.3 is 6.16 Å². The first-order valence-electron chi connectivity index (χ1n) is 4.57. The Morgan fingerprint density at radius 3 is 2.80 bits per heavy atom. The highest BCUT2D eigenvalue weighted by atomic mass is 16.7. The molecule has 1 rings (SSSR count). The zero-order valence-electron chi connectivity index (χ0n) is 8.65. The summed E-state index contributed by atoms with van der Waals surface area (Å²) in [5.41, 5.74) is 1.33. The second kappa shape index (κ2) is 5.14. The molecule has 0 bridgehead atoms. The third kappa shape index (κ3) is 3.09. The van der Waals surface area contributed by atoms with E-state index in [-0.39, 0.29) is 6.61 Å². The van der Waals surface area contributed by atoms with Crippen LogP contribution in [0.1, 0.15) is 22.8 Å². The number of hydrogen-bond acceptors (Lipinski definition) is 4. The Kier molecular flexibility index (Phi) is 3.85. The van der Waals surface area contributed by atoms with Crippen LogP contribution < -0.4 is 4.74 Å². The molecule has 0 spiro atoms. The van der Waals surface area contributed by atoms with Crippen molar-refractivity contribution < 1.29 is 19.1 Å². The van der Waals surface area contributed by atoms with Gasteiger partial charge in [-0.25, -0.2) is 4.79 Å².